The van der Waals surface area contributed by atoms with Crippen molar-refractivity contribution in [1.82, 2.24) is 9.80 Å². The van der Waals surface area contributed by atoms with Crippen molar-refractivity contribution in [3.63, 3.8) is 0 Å². The Balaban J connectivity index is 1.94. The van der Waals surface area contributed by atoms with Crippen LogP contribution in [-0.2, 0) is 0 Å². The molecule has 0 spiro atoms. The molecule has 0 saturated carbocycles. The Morgan fingerprint density at radius 3 is 1.50 bits per heavy atom. The van der Waals surface area contributed by atoms with Crippen LogP contribution in [0.2, 0.25) is 0 Å². The van der Waals surface area contributed by atoms with Crippen LogP contribution in [0.4, 0.5) is 11.4 Å². The number of nitrogens with two attached hydrogens (primary N) is 2. The van der Waals surface area contributed by atoms with Gasteiger partial charge in [0.1, 0.15) is 0 Å². The molecule has 6 nitrogen and oxygen atoms in total. The lowest BCUT2D eigenvalue weighted by molar-refractivity contribution is 0.0719. The Hall–Kier alpha value is -3.02. The first kappa shape index (κ1) is 17.3. The minimum atomic E-state index is -0.132. The van der Waals surface area contributed by atoms with Crippen molar-refractivity contribution >= 4 is 23.2 Å². The van der Waals surface area contributed by atoms with Crippen LogP contribution in [0.5, 0.6) is 0 Å². The van der Waals surface area contributed by atoms with E-state index in [1.54, 1.807) is 72.4 Å². The number of likely N-dealkylation sites (N-methyl/N-ethyl adjacent to an activating group) is 2. The molecule has 2 amide bonds. The third-order valence-electron chi connectivity index (χ3n) is 3.73. The highest BCUT2D eigenvalue weighted by atomic mass is 16.2. The zero-order valence-corrected chi connectivity index (χ0v) is 13.9. The summed E-state index contributed by atoms with van der Waals surface area (Å²) in [6, 6.07) is 13.7. The Bertz CT molecular complexity index is 682. The van der Waals surface area contributed by atoms with Gasteiger partial charge in [0.05, 0.1) is 0 Å². The molecular weight excluding hydrogens is 304 g/mol. The van der Waals surface area contributed by atoms with E-state index in [2.05, 4.69) is 0 Å². The van der Waals surface area contributed by atoms with E-state index in [0.29, 0.717) is 35.6 Å². The number of benzene rings is 2. The number of nitrogen functional groups attached to an aromatic ring is 2. The fraction of sp³-hybridized carbons (Fsp3) is 0.222. The maximum atomic E-state index is 12.3. The number of carbonyl (C=O) groups excluding carboxylic acids is 2. The summed E-state index contributed by atoms with van der Waals surface area (Å²) in [6.45, 7) is 0.830. The fourth-order valence-electron chi connectivity index (χ4n) is 2.29. The van der Waals surface area contributed by atoms with E-state index in [4.69, 9.17) is 11.5 Å². The summed E-state index contributed by atoms with van der Waals surface area (Å²) in [5.74, 6) is -0.265. The van der Waals surface area contributed by atoms with Crippen molar-refractivity contribution in [3.8, 4) is 0 Å². The summed E-state index contributed by atoms with van der Waals surface area (Å²) < 4.78 is 0. The molecule has 0 bridgehead atoms. The van der Waals surface area contributed by atoms with Gasteiger partial charge in [-0.3, -0.25) is 9.59 Å². The van der Waals surface area contributed by atoms with Gasteiger partial charge in [0.25, 0.3) is 11.8 Å². The van der Waals surface area contributed by atoms with Crippen LogP contribution in [0.15, 0.2) is 48.5 Å². The van der Waals surface area contributed by atoms with E-state index < -0.39 is 0 Å². The first-order valence-corrected chi connectivity index (χ1v) is 7.60. The molecule has 0 atom stereocenters. The van der Waals surface area contributed by atoms with E-state index in [9.17, 15) is 9.59 Å². The van der Waals surface area contributed by atoms with Crippen LogP contribution in [-0.4, -0.2) is 48.8 Å². The molecule has 0 aliphatic carbocycles. The van der Waals surface area contributed by atoms with E-state index in [-0.39, 0.29) is 11.8 Å². The summed E-state index contributed by atoms with van der Waals surface area (Å²) in [4.78, 5) is 27.8. The number of carbonyl (C=O) groups is 2. The number of anilines is 2. The molecule has 6 heteroatoms. The molecule has 2 rings (SSSR count). The molecule has 2 aromatic carbocycles. The molecule has 0 aliphatic rings. The van der Waals surface area contributed by atoms with Gasteiger partial charge in [-0.25, -0.2) is 0 Å². The summed E-state index contributed by atoms with van der Waals surface area (Å²) in [5, 5.41) is 0. The van der Waals surface area contributed by atoms with Crippen molar-refractivity contribution in [3.05, 3.63) is 59.7 Å². The topological polar surface area (TPSA) is 92.7 Å². The SMILES string of the molecule is CN(CCN(C)C(=O)c1cccc(N)c1)C(=O)c1cccc(N)c1. The highest BCUT2D eigenvalue weighted by molar-refractivity contribution is 5.96. The lowest BCUT2D eigenvalue weighted by atomic mass is 10.1. The minimum Gasteiger partial charge on any atom is -0.399 e. The van der Waals surface area contributed by atoms with Crippen LogP contribution in [0.1, 0.15) is 20.7 Å². The quantitative estimate of drug-likeness (QED) is 0.818. The molecule has 0 saturated heterocycles. The smallest absolute Gasteiger partial charge is 0.253 e. The first-order valence-electron chi connectivity index (χ1n) is 7.60. The van der Waals surface area contributed by atoms with Gasteiger partial charge in [0, 0.05) is 49.7 Å². The third-order valence-corrected chi connectivity index (χ3v) is 3.73. The van der Waals surface area contributed by atoms with Gasteiger partial charge in [0.2, 0.25) is 0 Å². The molecule has 4 N–H and O–H groups in total. The van der Waals surface area contributed by atoms with Crippen LogP contribution in [0.25, 0.3) is 0 Å². The lowest BCUT2D eigenvalue weighted by Crippen LogP contribution is -2.37. The second kappa shape index (κ2) is 7.50. The highest BCUT2D eigenvalue weighted by Crippen LogP contribution is 2.10. The molecule has 0 heterocycles. The maximum absolute atomic E-state index is 12.3. The van der Waals surface area contributed by atoms with Gasteiger partial charge in [-0.2, -0.15) is 0 Å². The maximum Gasteiger partial charge on any atom is 0.253 e. The van der Waals surface area contributed by atoms with Gasteiger partial charge in [-0.05, 0) is 36.4 Å². The molecule has 0 fully saturated rings. The predicted molar refractivity (Wildman–Crippen MR) is 95.6 cm³/mol. The molecule has 0 aliphatic heterocycles. The second-order valence-corrected chi connectivity index (χ2v) is 5.70. The second-order valence-electron chi connectivity index (χ2n) is 5.70. The molecule has 2 aromatic rings. The molecule has 24 heavy (non-hydrogen) atoms. The fourth-order valence-corrected chi connectivity index (χ4v) is 2.29. The van der Waals surface area contributed by atoms with Crippen molar-refractivity contribution < 1.29 is 9.59 Å². The Kier molecular flexibility index (Phi) is 5.42. The van der Waals surface area contributed by atoms with Crippen LogP contribution in [0.3, 0.4) is 0 Å². The van der Waals surface area contributed by atoms with Crippen molar-refractivity contribution in [2.75, 3.05) is 38.7 Å². The zero-order valence-electron chi connectivity index (χ0n) is 13.9. The third kappa shape index (κ3) is 4.25. The summed E-state index contributed by atoms with van der Waals surface area (Å²) in [6.07, 6.45) is 0. The largest absolute Gasteiger partial charge is 0.399 e. The molecular formula is C18H22N4O2. The monoisotopic (exact) mass is 326 g/mol. The van der Waals surface area contributed by atoms with Gasteiger partial charge in [0.15, 0.2) is 0 Å². The molecule has 126 valence electrons. The van der Waals surface area contributed by atoms with Crippen LogP contribution >= 0.6 is 0 Å². The van der Waals surface area contributed by atoms with E-state index in [1.807, 2.05) is 0 Å². The van der Waals surface area contributed by atoms with Gasteiger partial charge in [-0.15, -0.1) is 0 Å². The lowest BCUT2D eigenvalue weighted by Gasteiger charge is -2.22. The van der Waals surface area contributed by atoms with Crippen molar-refractivity contribution in [2.24, 2.45) is 0 Å². The highest BCUT2D eigenvalue weighted by Gasteiger charge is 2.15. The predicted octanol–water partition coefficient (Wildman–Crippen LogP) is 1.70. The average Bonchev–Trinajstić information content (AvgIpc) is 2.58. The normalized spacial score (nSPS) is 10.2. The Morgan fingerprint density at radius 1 is 0.792 bits per heavy atom. The van der Waals surface area contributed by atoms with Crippen LogP contribution < -0.4 is 11.5 Å². The average molecular weight is 326 g/mol. The van der Waals surface area contributed by atoms with Gasteiger partial charge < -0.3 is 21.3 Å². The Labute approximate surface area is 141 Å². The summed E-state index contributed by atoms with van der Waals surface area (Å²) in [5.41, 5.74) is 13.6. The van der Waals surface area contributed by atoms with E-state index >= 15 is 0 Å². The number of nitrogens with zero attached hydrogens (tertiary/aromatic N) is 2. The van der Waals surface area contributed by atoms with E-state index in [1.165, 1.54) is 0 Å². The standard InChI is InChI=1S/C18H22N4O2/c1-21(17(23)13-5-3-7-15(19)11-13)9-10-22(2)18(24)14-6-4-8-16(20)12-14/h3-8,11-12H,9-10,19-20H2,1-2H3. The van der Waals surface area contributed by atoms with Crippen LogP contribution in [0, 0.1) is 0 Å². The first-order chi connectivity index (χ1) is 11.4. The van der Waals surface area contributed by atoms with Gasteiger partial charge >= 0.3 is 0 Å². The molecule has 0 aromatic heterocycles. The van der Waals surface area contributed by atoms with Crippen molar-refractivity contribution in [1.29, 1.82) is 0 Å². The number of amides is 2. The van der Waals surface area contributed by atoms with Gasteiger partial charge in [-0.1, -0.05) is 12.1 Å². The Morgan fingerprint density at radius 2 is 1.17 bits per heavy atom. The number of hydrogen-bond acceptors (Lipinski definition) is 4. The molecule has 0 radical (unpaired) electrons. The summed E-state index contributed by atoms with van der Waals surface area (Å²) in [7, 11) is 3.40. The van der Waals surface area contributed by atoms with Crippen molar-refractivity contribution in [2.45, 2.75) is 0 Å². The summed E-state index contributed by atoms with van der Waals surface area (Å²) >= 11 is 0. The number of hydrogen-bond donors (Lipinski definition) is 2. The van der Waals surface area contributed by atoms with E-state index in [0.717, 1.165) is 0 Å². The molecule has 0 unspecified atom stereocenters. The number of rotatable bonds is 5. The zero-order chi connectivity index (χ0) is 17.7. The minimum absolute atomic E-state index is 0.132.